The third-order valence-corrected chi connectivity index (χ3v) is 7.40. The maximum atomic E-state index is 13.8. The van der Waals surface area contributed by atoms with E-state index >= 15 is 0 Å². The number of benzene rings is 2. The minimum atomic E-state index is -4.44. The number of nitrogens with zero attached hydrogens (tertiary/aromatic N) is 1. The molecule has 1 N–H and O–H groups in total. The molecule has 0 aromatic heterocycles. The summed E-state index contributed by atoms with van der Waals surface area (Å²) in [5, 5.41) is 3.48. The normalized spacial score (nSPS) is 23.4. The Hall–Kier alpha value is -1.86. The fourth-order valence-corrected chi connectivity index (χ4v) is 6.09. The molecule has 0 spiro atoms. The Labute approximate surface area is 172 Å². The molecule has 5 rings (SSSR count). The second-order valence-corrected chi connectivity index (χ2v) is 9.02. The standard InChI is InChI=1S/C22H23F3N2OS/c1-28-14-3-4-15(18(11-14)22(23,24)25)13-9-16-17-12-26-6-5-19(17)27-7-2-8-29-20(10-13)21(16)27/h3-4,9-11,17,19,26H,2,5-8,12H2,1H3. The molecule has 2 aromatic rings. The molecule has 2 unspecified atom stereocenters. The zero-order valence-electron chi connectivity index (χ0n) is 16.2. The first-order valence-electron chi connectivity index (χ1n) is 10.0. The summed E-state index contributed by atoms with van der Waals surface area (Å²) < 4.78 is 46.6. The van der Waals surface area contributed by atoms with Crippen LogP contribution in [0.4, 0.5) is 18.9 Å². The average molecular weight is 421 g/mol. The monoisotopic (exact) mass is 420 g/mol. The highest BCUT2D eigenvalue weighted by molar-refractivity contribution is 7.99. The van der Waals surface area contributed by atoms with Crippen molar-refractivity contribution in [2.45, 2.75) is 35.9 Å². The summed E-state index contributed by atoms with van der Waals surface area (Å²) in [6, 6.07) is 8.68. The van der Waals surface area contributed by atoms with Gasteiger partial charge in [-0.15, -0.1) is 11.8 Å². The van der Waals surface area contributed by atoms with Crippen LogP contribution < -0.4 is 15.0 Å². The zero-order chi connectivity index (χ0) is 20.2. The molecule has 2 atom stereocenters. The SMILES string of the molecule is COc1ccc(-c2cc3c4c(c2)C2CNCCC2N4CCCS3)c(C(F)(F)F)c1. The lowest BCUT2D eigenvalue weighted by Gasteiger charge is -2.33. The number of methoxy groups -OCH3 is 1. The molecule has 0 bridgehead atoms. The van der Waals surface area contributed by atoms with Gasteiger partial charge in [-0.1, -0.05) is 6.07 Å². The number of piperidine rings is 1. The highest BCUT2D eigenvalue weighted by atomic mass is 32.2. The number of fused-ring (bicyclic) bond motifs is 3. The Balaban J connectivity index is 1.69. The van der Waals surface area contributed by atoms with Crippen molar-refractivity contribution in [1.82, 2.24) is 5.32 Å². The van der Waals surface area contributed by atoms with E-state index in [4.69, 9.17) is 4.74 Å². The maximum Gasteiger partial charge on any atom is 0.417 e. The second-order valence-electron chi connectivity index (χ2n) is 7.88. The minimum Gasteiger partial charge on any atom is -0.497 e. The van der Waals surface area contributed by atoms with Crippen LogP contribution in [0.5, 0.6) is 5.75 Å². The zero-order valence-corrected chi connectivity index (χ0v) is 17.0. The van der Waals surface area contributed by atoms with Crippen molar-refractivity contribution in [2.75, 3.05) is 37.4 Å². The molecule has 7 heteroatoms. The van der Waals surface area contributed by atoms with E-state index in [0.29, 0.717) is 17.5 Å². The van der Waals surface area contributed by atoms with Crippen molar-refractivity contribution in [3.05, 3.63) is 41.5 Å². The third kappa shape index (κ3) is 3.19. The van der Waals surface area contributed by atoms with Crippen molar-refractivity contribution in [1.29, 1.82) is 0 Å². The molecular formula is C22H23F3N2OS. The van der Waals surface area contributed by atoms with Crippen LogP contribution in [-0.2, 0) is 6.18 Å². The Morgan fingerprint density at radius 3 is 2.86 bits per heavy atom. The second kappa shape index (κ2) is 7.13. The van der Waals surface area contributed by atoms with Gasteiger partial charge in [0, 0.05) is 29.9 Å². The molecular weight excluding hydrogens is 397 g/mol. The number of hydrogen-bond acceptors (Lipinski definition) is 4. The number of halogens is 3. The number of ether oxygens (including phenoxy) is 1. The number of rotatable bonds is 2. The topological polar surface area (TPSA) is 24.5 Å². The number of nitrogens with one attached hydrogen (secondary N) is 1. The van der Waals surface area contributed by atoms with Gasteiger partial charge in [-0.25, -0.2) is 0 Å². The number of thioether (sulfide) groups is 1. The number of alkyl halides is 3. The lowest BCUT2D eigenvalue weighted by Crippen LogP contribution is -2.44. The summed E-state index contributed by atoms with van der Waals surface area (Å²) in [5.41, 5.74) is 2.69. The highest BCUT2D eigenvalue weighted by Crippen LogP contribution is 2.52. The van der Waals surface area contributed by atoms with Crippen molar-refractivity contribution < 1.29 is 17.9 Å². The molecule has 3 nitrogen and oxygen atoms in total. The van der Waals surface area contributed by atoms with Crippen LogP contribution in [0.25, 0.3) is 11.1 Å². The summed E-state index contributed by atoms with van der Waals surface area (Å²) in [5.74, 6) is 1.55. The number of hydrogen-bond donors (Lipinski definition) is 1. The molecule has 0 aliphatic carbocycles. The summed E-state index contributed by atoms with van der Waals surface area (Å²) in [6.45, 7) is 2.91. The van der Waals surface area contributed by atoms with Crippen molar-refractivity contribution in [3.8, 4) is 16.9 Å². The van der Waals surface area contributed by atoms with Crippen LogP contribution in [0.1, 0.15) is 29.9 Å². The molecule has 0 radical (unpaired) electrons. The van der Waals surface area contributed by atoms with Gasteiger partial charge in [-0.05, 0) is 66.1 Å². The van der Waals surface area contributed by atoms with Gasteiger partial charge in [-0.3, -0.25) is 0 Å². The fraction of sp³-hybridized carbons (Fsp3) is 0.455. The molecule has 154 valence electrons. The van der Waals surface area contributed by atoms with E-state index in [1.807, 2.05) is 12.1 Å². The molecule has 3 aliphatic heterocycles. The largest absolute Gasteiger partial charge is 0.497 e. The van der Waals surface area contributed by atoms with Crippen molar-refractivity contribution in [3.63, 3.8) is 0 Å². The van der Waals surface area contributed by atoms with E-state index in [1.165, 1.54) is 18.4 Å². The summed E-state index contributed by atoms with van der Waals surface area (Å²) >= 11 is 1.77. The summed E-state index contributed by atoms with van der Waals surface area (Å²) in [4.78, 5) is 3.65. The van der Waals surface area contributed by atoms with Crippen molar-refractivity contribution in [2.24, 2.45) is 0 Å². The van der Waals surface area contributed by atoms with E-state index in [9.17, 15) is 13.2 Å². The summed E-state index contributed by atoms with van der Waals surface area (Å²) in [6.07, 6.45) is -2.26. The van der Waals surface area contributed by atoms with Crippen LogP contribution in [0.15, 0.2) is 35.2 Å². The predicted molar refractivity (Wildman–Crippen MR) is 110 cm³/mol. The van der Waals surface area contributed by atoms with Crippen molar-refractivity contribution >= 4 is 17.4 Å². The van der Waals surface area contributed by atoms with Crippen LogP contribution in [0, 0.1) is 0 Å². The van der Waals surface area contributed by atoms with Gasteiger partial charge < -0.3 is 15.0 Å². The smallest absolute Gasteiger partial charge is 0.417 e. The Kier molecular flexibility index (Phi) is 4.70. The van der Waals surface area contributed by atoms with Crippen LogP contribution in [-0.4, -0.2) is 38.5 Å². The quantitative estimate of drug-likeness (QED) is 0.727. The molecule has 0 amide bonds. The molecule has 29 heavy (non-hydrogen) atoms. The molecule has 0 saturated carbocycles. The number of anilines is 1. The first-order chi connectivity index (χ1) is 14.0. The Morgan fingerprint density at radius 2 is 2.07 bits per heavy atom. The van der Waals surface area contributed by atoms with Gasteiger partial charge in [-0.2, -0.15) is 13.2 Å². The lowest BCUT2D eigenvalue weighted by atomic mass is 9.88. The first-order valence-corrected chi connectivity index (χ1v) is 11.0. The Bertz CT molecular complexity index is 946. The van der Waals surface area contributed by atoms with E-state index in [-0.39, 0.29) is 11.3 Å². The van der Waals surface area contributed by atoms with Gasteiger partial charge in [0.2, 0.25) is 0 Å². The fourth-order valence-electron chi connectivity index (χ4n) is 5.02. The van der Waals surface area contributed by atoms with Gasteiger partial charge in [0.1, 0.15) is 5.75 Å². The van der Waals surface area contributed by atoms with Gasteiger partial charge in [0.15, 0.2) is 0 Å². The van der Waals surface area contributed by atoms with Gasteiger partial charge >= 0.3 is 6.18 Å². The van der Waals surface area contributed by atoms with E-state index < -0.39 is 11.7 Å². The van der Waals surface area contributed by atoms with E-state index in [1.54, 1.807) is 23.9 Å². The average Bonchev–Trinajstić information content (AvgIpc) is 2.88. The first kappa shape index (κ1) is 19.1. The predicted octanol–water partition coefficient (Wildman–Crippen LogP) is 5.14. The molecule has 1 fully saturated rings. The Morgan fingerprint density at radius 1 is 1.21 bits per heavy atom. The van der Waals surface area contributed by atoms with Gasteiger partial charge in [0.25, 0.3) is 0 Å². The molecule has 3 aliphatic rings. The van der Waals surface area contributed by atoms with E-state index in [2.05, 4.69) is 10.2 Å². The summed E-state index contributed by atoms with van der Waals surface area (Å²) in [7, 11) is 1.39. The van der Waals surface area contributed by atoms with E-state index in [0.717, 1.165) is 49.2 Å². The molecule has 3 heterocycles. The van der Waals surface area contributed by atoms with Gasteiger partial charge in [0.05, 0.1) is 18.4 Å². The van der Waals surface area contributed by atoms with Crippen LogP contribution >= 0.6 is 11.8 Å². The minimum absolute atomic E-state index is 0.220. The lowest BCUT2D eigenvalue weighted by molar-refractivity contribution is -0.137. The van der Waals surface area contributed by atoms with Crippen LogP contribution in [0.2, 0.25) is 0 Å². The maximum absolute atomic E-state index is 13.8. The third-order valence-electron chi connectivity index (χ3n) is 6.28. The molecule has 1 saturated heterocycles. The highest BCUT2D eigenvalue weighted by Gasteiger charge is 2.42. The van der Waals surface area contributed by atoms with Crippen LogP contribution in [0.3, 0.4) is 0 Å². The molecule has 2 aromatic carbocycles.